The van der Waals surface area contributed by atoms with Crippen molar-refractivity contribution in [1.29, 1.82) is 0 Å². The molecule has 1 heterocycles. The number of halogens is 1. The molecule has 1 aromatic carbocycles. The summed E-state index contributed by atoms with van der Waals surface area (Å²) in [5, 5.41) is 3.33. The SMILES string of the molecule is COc1ccc(Cl)cc1C(=O)NCCc1ccccn1. The van der Waals surface area contributed by atoms with E-state index in [2.05, 4.69) is 10.3 Å². The normalized spacial score (nSPS) is 10.1. The molecule has 0 saturated heterocycles. The maximum Gasteiger partial charge on any atom is 0.255 e. The first-order valence-electron chi connectivity index (χ1n) is 6.22. The highest BCUT2D eigenvalue weighted by atomic mass is 35.5. The highest BCUT2D eigenvalue weighted by Crippen LogP contribution is 2.22. The monoisotopic (exact) mass is 290 g/mol. The zero-order valence-electron chi connectivity index (χ0n) is 11.1. The molecule has 0 atom stereocenters. The average Bonchev–Trinajstić information content (AvgIpc) is 2.48. The minimum Gasteiger partial charge on any atom is -0.496 e. The molecular formula is C15H15ClN2O2. The molecule has 0 aliphatic carbocycles. The summed E-state index contributed by atoms with van der Waals surface area (Å²) in [6.07, 6.45) is 2.41. The smallest absolute Gasteiger partial charge is 0.255 e. The number of nitrogens with zero attached hydrogens (tertiary/aromatic N) is 1. The summed E-state index contributed by atoms with van der Waals surface area (Å²) < 4.78 is 5.15. The first-order valence-corrected chi connectivity index (χ1v) is 6.60. The fraction of sp³-hybridized carbons (Fsp3) is 0.200. The van der Waals surface area contributed by atoms with E-state index in [1.807, 2.05) is 18.2 Å². The van der Waals surface area contributed by atoms with Crippen LogP contribution in [0.2, 0.25) is 5.02 Å². The van der Waals surface area contributed by atoms with Gasteiger partial charge in [0, 0.05) is 29.9 Å². The van der Waals surface area contributed by atoms with E-state index in [9.17, 15) is 4.79 Å². The van der Waals surface area contributed by atoms with Crippen LogP contribution in [0.15, 0.2) is 42.6 Å². The van der Waals surface area contributed by atoms with Crippen LogP contribution in [0.4, 0.5) is 0 Å². The molecule has 4 nitrogen and oxygen atoms in total. The maximum absolute atomic E-state index is 12.1. The standard InChI is InChI=1S/C15H15ClN2O2/c1-20-14-6-5-11(16)10-13(14)15(19)18-9-7-12-4-2-3-8-17-12/h2-6,8,10H,7,9H2,1H3,(H,18,19). The number of benzene rings is 1. The van der Waals surface area contributed by atoms with Gasteiger partial charge >= 0.3 is 0 Å². The highest BCUT2D eigenvalue weighted by Gasteiger charge is 2.12. The second-order valence-corrected chi connectivity index (χ2v) is 4.61. The van der Waals surface area contributed by atoms with Crippen molar-refractivity contribution in [2.45, 2.75) is 6.42 Å². The Labute approximate surface area is 122 Å². The predicted molar refractivity (Wildman–Crippen MR) is 78.3 cm³/mol. The average molecular weight is 291 g/mol. The van der Waals surface area contributed by atoms with Crippen LogP contribution < -0.4 is 10.1 Å². The molecule has 1 amide bonds. The minimum atomic E-state index is -0.208. The molecule has 0 bridgehead atoms. The number of nitrogens with one attached hydrogen (secondary N) is 1. The molecule has 2 rings (SSSR count). The van der Waals surface area contributed by atoms with Gasteiger partial charge in [0.05, 0.1) is 12.7 Å². The number of carbonyl (C=O) groups excluding carboxylic acids is 1. The van der Waals surface area contributed by atoms with E-state index in [4.69, 9.17) is 16.3 Å². The Morgan fingerprint density at radius 1 is 1.35 bits per heavy atom. The molecule has 0 radical (unpaired) electrons. The van der Waals surface area contributed by atoms with Crippen LogP contribution in [0.1, 0.15) is 16.1 Å². The van der Waals surface area contributed by atoms with Gasteiger partial charge in [-0.15, -0.1) is 0 Å². The fourth-order valence-corrected chi connectivity index (χ4v) is 1.98. The van der Waals surface area contributed by atoms with Gasteiger partial charge in [0.1, 0.15) is 5.75 Å². The van der Waals surface area contributed by atoms with Gasteiger partial charge in [-0.3, -0.25) is 9.78 Å². The van der Waals surface area contributed by atoms with Crippen LogP contribution in [0.5, 0.6) is 5.75 Å². The predicted octanol–water partition coefficient (Wildman–Crippen LogP) is 2.72. The highest BCUT2D eigenvalue weighted by molar-refractivity contribution is 6.31. The number of pyridine rings is 1. The number of methoxy groups -OCH3 is 1. The lowest BCUT2D eigenvalue weighted by molar-refractivity contribution is 0.0951. The number of rotatable bonds is 5. The zero-order chi connectivity index (χ0) is 14.4. The van der Waals surface area contributed by atoms with E-state index >= 15 is 0 Å². The maximum atomic E-state index is 12.1. The van der Waals surface area contributed by atoms with E-state index in [1.165, 1.54) is 7.11 Å². The second kappa shape index (κ2) is 6.91. The first-order chi connectivity index (χ1) is 9.70. The van der Waals surface area contributed by atoms with Gasteiger partial charge in [0.25, 0.3) is 5.91 Å². The summed E-state index contributed by atoms with van der Waals surface area (Å²) in [6.45, 7) is 0.505. The van der Waals surface area contributed by atoms with Gasteiger partial charge in [0.2, 0.25) is 0 Å². The third kappa shape index (κ3) is 3.71. The Kier molecular flexibility index (Phi) is 4.96. The van der Waals surface area contributed by atoms with E-state index in [0.717, 1.165) is 5.69 Å². The van der Waals surface area contributed by atoms with Gasteiger partial charge in [-0.2, -0.15) is 0 Å². The summed E-state index contributed by atoms with van der Waals surface area (Å²) in [5.41, 5.74) is 1.37. The Hall–Kier alpha value is -2.07. The molecule has 104 valence electrons. The van der Waals surface area contributed by atoms with Crippen LogP contribution >= 0.6 is 11.6 Å². The third-order valence-electron chi connectivity index (χ3n) is 2.80. The van der Waals surface area contributed by atoms with Crippen molar-refractivity contribution < 1.29 is 9.53 Å². The van der Waals surface area contributed by atoms with E-state index in [0.29, 0.717) is 29.3 Å². The van der Waals surface area contributed by atoms with Crippen molar-refractivity contribution in [3.05, 3.63) is 58.9 Å². The molecular weight excluding hydrogens is 276 g/mol. The van der Waals surface area contributed by atoms with Crippen molar-refractivity contribution in [3.63, 3.8) is 0 Å². The summed E-state index contributed by atoms with van der Waals surface area (Å²) in [6, 6.07) is 10.7. The molecule has 1 N–H and O–H groups in total. The van der Waals surface area contributed by atoms with E-state index in [-0.39, 0.29) is 5.91 Å². The van der Waals surface area contributed by atoms with Crippen molar-refractivity contribution >= 4 is 17.5 Å². The van der Waals surface area contributed by atoms with Crippen molar-refractivity contribution in [3.8, 4) is 5.75 Å². The van der Waals surface area contributed by atoms with Crippen LogP contribution in [-0.4, -0.2) is 24.5 Å². The summed E-state index contributed by atoms with van der Waals surface area (Å²) in [4.78, 5) is 16.3. The Balaban J connectivity index is 1.97. The number of hydrogen-bond donors (Lipinski definition) is 1. The fourth-order valence-electron chi connectivity index (χ4n) is 1.80. The molecule has 20 heavy (non-hydrogen) atoms. The Morgan fingerprint density at radius 2 is 2.20 bits per heavy atom. The van der Waals surface area contributed by atoms with Crippen LogP contribution in [0, 0.1) is 0 Å². The summed E-state index contributed by atoms with van der Waals surface area (Å²) in [7, 11) is 1.52. The first kappa shape index (κ1) is 14.3. The van der Waals surface area contributed by atoms with Gasteiger partial charge < -0.3 is 10.1 Å². The number of ether oxygens (including phenoxy) is 1. The molecule has 0 fully saturated rings. The van der Waals surface area contributed by atoms with Gasteiger partial charge in [0.15, 0.2) is 0 Å². The van der Waals surface area contributed by atoms with Crippen molar-refractivity contribution in [1.82, 2.24) is 10.3 Å². The molecule has 0 saturated carbocycles. The van der Waals surface area contributed by atoms with Crippen molar-refractivity contribution in [2.24, 2.45) is 0 Å². The Bertz CT molecular complexity index is 588. The molecule has 0 unspecified atom stereocenters. The lowest BCUT2D eigenvalue weighted by Gasteiger charge is -2.09. The third-order valence-corrected chi connectivity index (χ3v) is 3.03. The van der Waals surface area contributed by atoms with Crippen LogP contribution in [0.25, 0.3) is 0 Å². The van der Waals surface area contributed by atoms with Crippen molar-refractivity contribution in [2.75, 3.05) is 13.7 Å². The topological polar surface area (TPSA) is 51.2 Å². The number of carbonyl (C=O) groups is 1. The second-order valence-electron chi connectivity index (χ2n) is 4.17. The molecule has 0 aliphatic heterocycles. The quantitative estimate of drug-likeness (QED) is 0.921. The van der Waals surface area contributed by atoms with Crippen LogP contribution in [0.3, 0.4) is 0 Å². The molecule has 0 aliphatic rings. The lowest BCUT2D eigenvalue weighted by Crippen LogP contribution is -2.26. The van der Waals surface area contributed by atoms with Gasteiger partial charge in [-0.25, -0.2) is 0 Å². The van der Waals surface area contributed by atoms with E-state index < -0.39 is 0 Å². The minimum absolute atomic E-state index is 0.208. The van der Waals surface area contributed by atoms with Gasteiger partial charge in [-0.05, 0) is 30.3 Å². The number of aromatic nitrogens is 1. The lowest BCUT2D eigenvalue weighted by atomic mass is 10.2. The zero-order valence-corrected chi connectivity index (χ0v) is 11.9. The molecule has 5 heteroatoms. The summed E-state index contributed by atoms with van der Waals surface area (Å²) >= 11 is 5.90. The molecule has 0 spiro atoms. The van der Waals surface area contributed by atoms with Crippen LogP contribution in [-0.2, 0) is 6.42 Å². The van der Waals surface area contributed by atoms with Gasteiger partial charge in [-0.1, -0.05) is 17.7 Å². The van der Waals surface area contributed by atoms with E-state index in [1.54, 1.807) is 24.4 Å². The number of amides is 1. The number of hydrogen-bond acceptors (Lipinski definition) is 3. The summed E-state index contributed by atoms with van der Waals surface area (Å²) in [5.74, 6) is 0.296. The molecule has 1 aromatic heterocycles. The Morgan fingerprint density at radius 3 is 2.90 bits per heavy atom. The largest absolute Gasteiger partial charge is 0.496 e. The molecule has 2 aromatic rings.